The molecule has 0 radical (unpaired) electrons. The second-order valence-corrected chi connectivity index (χ2v) is 7.29. The molecule has 2 aliphatic rings. The highest BCUT2D eigenvalue weighted by Crippen LogP contribution is 2.39. The third kappa shape index (κ3) is 3.13. The largest absolute Gasteiger partial charge is 0.498 e. The van der Waals surface area contributed by atoms with Gasteiger partial charge in [-0.2, -0.15) is 0 Å². The van der Waals surface area contributed by atoms with Crippen LogP contribution in [-0.2, 0) is 9.53 Å². The summed E-state index contributed by atoms with van der Waals surface area (Å²) >= 11 is 0. The molecular weight excluding hydrogens is 366 g/mol. The molecule has 2 aromatic carbocycles. The number of nitrogens with zero attached hydrogens (tertiary/aromatic N) is 3. The Kier molecular flexibility index (Phi) is 4.44. The number of aromatic amines is 1. The topological polar surface area (TPSA) is 73.5 Å². The molecule has 3 heterocycles. The lowest BCUT2D eigenvalue weighted by atomic mass is 10.0. The highest BCUT2D eigenvalue weighted by molar-refractivity contribution is 6.06. The summed E-state index contributed by atoms with van der Waals surface area (Å²) in [6.07, 6.45) is 3.23. The lowest BCUT2D eigenvalue weighted by Gasteiger charge is -2.30. The van der Waals surface area contributed by atoms with Gasteiger partial charge in [0.2, 0.25) is 0 Å². The van der Waals surface area contributed by atoms with Crippen molar-refractivity contribution in [3.8, 4) is 0 Å². The number of aromatic nitrogens is 2. The van der Waals surface area contributed by atoms with Crippen molar-refractivity contribution in [2.45, 2.75) is 6.04 Å². The first-order valence-corrected chi connectivity index (χ1v) is 9.82. The normalized spacial score (nSPS) is 19.7. The van der Waals surface area contributed by atoms with Crippen LogP contribution >= 0.6 is 0 Å². The number of benzene rings is 2. The molecule has 1 atom stereocenters. The minimum Gasteiger partial charge on any atom is -0.498 e. The quantitative estimate of drug-likeness (QED) is 0.718. The molecule has 2 N–H and O–H groups in total. The van der Waals surface area contributed by atoms with E-state index in [9.17, 15) is 4.79 Å². The van der Waals surface area contributed by atoms with Gasteiger partial charge >= 0.3 is 0 Å². The molecular formula is C22H23N5O2. The molecule has 0 spiro atoms. The Balaban J connectivity index is 1.49. The van der Waals surface area contributed by atoms with Crippen LogP contribution in [-0.4, -0.2) is 49.2 Å². The predicted molar refractivity (Wildman–Crippen MR) is 113 cm³/mol. The van der Waals surface area contributed by atoms with E-state index in [0.29, 0.717) is 5.76 Å². The number of fused-ring (bicyclic) bond motifs is 1. The predicted octanol–water partition coefficient (Wildman–Crippen LogP) is 2.59. The lowest BCUT2D eigenvalue weighted by Crippen LogP contribution is -2.43. The maximum absolute atomic E-state index is 12.8. The number of carbonyl (C=O) groups is 1. The monoisotopic (exact) mass is 389 g/mol. The van der Waals surface area contributed by atoms with Gasteiger partial charge in [0.15, 0.2) is 0 Å². The van der Waals surface area contributed by atoms with E-state index in [1.807, 2.05) is 18.2 Å². The summed E-state index contributed by atoms with van der Waals surface area (Å²) in [6.45, 7) is 4.00. The highest BCUT2D eigenvalue weighted by atomic mass is 16.5. The van der Waals surface area contributed by atoms with E-state index < -0.39 is 0 Å². The number of piperazine rings is 1. The Morgan fingerprint density at radius 2 is 1.83 bits per heavy atom. The number of hydrogen-bond acceptors (Lipinski definition) is 5. The number of carbonyl (C=O) groups excluding carboxylic acids is 1. The third-order valence-electron chi connectivity index (χ3n) is 5.64. The zero-order valence-corrected chi connectivity index (χ0v) is 16.3. The standard InChI is InChI=1S/C22H23N5O2/c1-29-20-13-21(28)27(17-6-7-18-19(12-17)25-14-24-18)22(20)15-2-4-16(5-3-15)26-10-8-23-9-11-26/h2-7,12-14,22-23H,8-11H2,1H3,(H,24,25). The molecule has 29 heavy (non-hydrogen) atoms. The fourth-order valence-corrected chi connectivity index (χ4v) is 4.15. The van der Waals surface area contributed by atoms with Crippen LogP contribution in [0, 0.1) is 0 Å². The summed E-state index contributed by atoms with van der Waals surface area (Å²) in [6, 6.07) is 14.0. The molecule has 5 rings (SSSR count). The van der Waals surface area contributed by atoms with Crippen molar-refractivity contribution in [3.05, 3.63) is 66.2 Å². The number of methoxy groups -OCH3 is 1. The van der Waals surface area contributed by atoms with E-state index in [4.69, 9.17) is 4.74 Å². The van der Waals surface area contributed by atoms with E-state index in [-0.39, 0.29) is 11.9 Å². The number of anilines is 2. The van der Waals surface area contributed by atoms with E-state index in [0.717, 1.165) is 48.5 Å². The van der Waals surface area contributed by atoms with Gasteiger partial charge < -0.3 is 19.9 Å². The number of ether oxygens (including phenoxy) is 1. The van der Waals surface area contributed by atoms with Crippen LogP contribution in [0.5, 0.6) is 0 Å². The van der Waals surface area contributed by atoms with Gasteiger partial charge in [-0.05, 0) is 35.9 Å². The average molecular weight is 389 g/mol. The number of imidazole rings is 1. The van der Waals surface area contributed by atoms with Gasteiger partial charge in [0.25, 0.3) is 5.91 Å². The SMILES string of the molecule is COC1=CC(=O)N(c2ccc3[nH]cnc3c2)C1c1ccc(N2CCNCC2)cc1. The fourth-order valence-electron chi connectivity index (χ4n) is 4.15. The Morgan fingerprint density at radius 3 is 2.59 bits per heavy atom. The number of H-pyrrole nitrogens is 1. The van der Waals surface area contributed by atoms with Crippen molar-refractivity contribution in [1.29, 1.82) is 0 Å². The van der Waals surface area contributed by atoms with Crippen LogP contribution in [0.15, 0.2) is 60.6 Å². The van der Waals surface area contributed by atoms with Crippen molar-refractivity contribution < 1.29 is 9.53 Å². The smallest absolute Gasteiger partial charge is 0.255 e. The van der Waals surface area contributed by atoms with E-state index in [1.165, 1.54) is 5.69 Å². The zero-order chi connectivity index (χ0) is 19.8. The van der Waals surface area contributed by atoms with Crippen LogP contribution in [0.1, 0.15) is 11.6 Å². The molecule has 1 unspecified atom stereocenters. The van der Waals surface area contributed by atoms with Crippen LogP contribution in [0.4, 0.5) is 11.4 Å². The van der Waals surface area contributed by atoms with Gasteiger partial charge in [0.1, 0.15) is 11.8 Å². The van der Waals surface area contributed by atoms with Crippen molar-refractivity contribution in [2.75, 3.05) is 43.1 Å². The molecule has 148 valence electrons. The van der Waals surface area contributed by atoms with Crippen LogP contribution in [0.2, 0.25) is 0 Å². The molecule has 3 aromatic rings. The zero-order valence-electron chi connectivity index (χ0n) is 16.3. The molecule has 0 aliphatic carbocycles. The van der Waals surface area contributed by atoms with Gasteiger partial charge in [0, 0.05) is 43.6 Å². The summed E-state index contributed by atoms with van der Waals surface area (Å²) in [5.41, 5.74) is 4.79. The minimum atomic E-state index is -0.291. The van der Waals surface area contributed by atoms with Crippen LogP contribution in [0.3, 0.4) is 0 Å². The molecule has 2 aliphatic heterocycles. The molecule has 7 heteroatoms. The summed E-state index contributed by atoms with van der Waals surface area (Å²) in [5, 5.41) is 3.38. The van der Waals surface area contributed by atoms with Crippen LogP contribution < -0.4 is 15.1 Å². The van der Waals surface area contributed by atoms with Gasteiger partial charge in [-0.3, -0.25) is 9.69 Å². The summed E-state index contributed by atoms with van der Waals surface area (Å²) < 4.78 is 5.58. The minimum absolute atomic E-state index is 0.0899. The second-order valence-electron chi connectivity index (χ2n) is 7.29. The molecule has 1 aromatic heterocycles. The molecule has 0 bridgehead atoms. The maximum atomic E-state index is 12.8. The Bertz CT molecular complexity index is 1070. The van der Waals surface area contributed by atoms with Crippen molar-refractivity contribution in [2.24, 2.45) is 0 Å². The number of amides is 1. The van der Waals surface area contributed by atoms with Crippen LogP contribution in [0.25, 0.3) is 11.0 Å². The molecule has 1 amide bonds. The Hall–Kier alpha value is -3.32. The molecule has 7 nitrogen and oxygen atoms in total. The van der Waals surface area contributed by atoms with Crippen molar-refractivity contribution in [1.82, 2.24) is 15.3 Å². The summed E-state index contributed by atoms with van der Waals surface area (Å²) in [4.78, 5) is 24.4. The average Bonchev–Trinajstić information content (AvgIpc) is 3.37. The van der Waals surface area contributed by atoms with Gasteiger partial charge in [-0.25, -0.2) is 4.98 Å². The Labute approximate surface area is 169 Å². The highest BCUT2D eigenvalue weighted by Gasteiger charge is 2.36. The maximum Gasteiger partial charge on any atom is 0.255 e. The number of nitrogens with one attached hydrogen (secondary N) is 2. The summed E-state index contributed by atoms with van der Waals surface area (Å²) in [5.74, 6) is 0.556. The number of rotatable bonds is 4. The van der Waals surface area contributed by atoms with E-state index >= 15 is 0 Å². The first kappa shape index (κ1) is 17.8. The van der Waals surface area contributed by atoms with Gasteiger partial charge in [0.05, 0.1) is 24.5 Å². The first-order valence-electron chi connectivity index (χ1n) is 9.82. The molecule has 0 saturated carbocycles. The van der Waals surface area contributed by atoms with Gasteiger partial charge in [-0.1, -0.05) is 12.1 Å². The van der Waals surface area contributed by atoms with Gasteiger partial charge in [-0.15, -0.1) is 0 Å². The molecule has 1 saturated heterocycles. The fraction of sp³-hybridized carbons (Fsp3) is 0.273. The molecule has 1 fully saturated rings. The Morgan fingerprint density at radius 1 is 1.07 bits per heavy atom. The van der Waals surface area contributed by atoms with E-state index in [2.05, 4.69) is 44.5 Å². The van der Waals surface area contributed by atoms with E-state index in [1.54, 1.807) is 24.4 Å². The number of hydrogen-bond donors (Lipinski definition) is 2. The van der Waals surface area contributed by atoms with Crippen molar-refractivity contribution >= 4 is 28.3 Å². The van der Waals surface area contributed by atoms with Crippen molar-refractivity contribution in [3.63, 3.8) is 0 Å². The third-order valence-corrected chi connectivity index (χ3v) is 5.64. The summed E-state index contributed by atoms with van der Waals surface area (Å²) in [7, 11) is 1.61. The first-order chi connectivity index (χ1) is 14.2. The lowest BCUT2D eigenvalue weighted by molar-refractivity contribution is -0.113. The second kappa shape index (κ2) is 7.25.